The first-order valence-corrected chi connectivity index (χ1v) is 7.36. The summed E-state index contributed by atoms with van der Waals surface area (Å²) in [6, 6.07) is 8.49. The minimum Gasteiger partial charge on any atom is -0.369 e. The summed E-state index contributed by atoms with van der Waals surface area (Å²) in [7, 11) is 0. The molecule has 1 aromatic heterocycles. The summed E-state index contributed by atoms with van der Waals surface area (Å²) in [5.74, 6) is 1.66. The van der Waals surface area contributed by atoms with E-state index in [0.29, 0.717) is 5.92 Å². The molecule has 1 aromatic carbocycles. The lowest BCUT2D eigenvalue weighted by Crippen LogP contribution is -2.05. The Labute approximate surface area is 121 Å². The topological polar surface area (TPSA) is 29.9 Å². The molecule has 0 radical (unpaired) electrons. The summed E-state index contributed by atoms with van der Waals surface area (Å²) >= 11 is 2.32. The first kappa shape index (κ1) is 12.0. The molecule has 1 N–H and O–H groups in total. The SMILES string of the molecule is CC(C)c1nn(-c2ccc(I)cc2)c2c1CCN2. The molecule has 2 heterocycles. The monoisotopic (exact) mass is 353 g/mol. The zero-order valence-corrected chi connectivity index (χ0v) is 12.7. The van der Waals surface area contributed by atoms with Gasteiger partial charge >= 0.3 is 0 Å². The molecule has 18 heavy (non-hydrogen) atoms. The van der Waals surface area contributed by atoms with Crippen molar-refractivity contribution in [2.24, 2.45) is 0 Å². The lowest BCUT2D eigenvalue weighted by atomic mass is 10.1. The maximum Gasteiger partial charge on any atom is 0.133 e. The fourth-order valence-corrected chi connectivity index (χ4v) is 2.79. The van der Waals surface area contributed by atoms with Gasteiger partial charge in [0.2, 0.25) is 0 Å². The Hall–Kier alpha value is -1.04. The molecule has 3 rings (SSSR count). The molecule has 0 bridgehead atoms. The van der Waals surface area contributed by atoms with Gasteiger partial charge in [0.05, 0.1) is 11.4 Å². The summed E-state index contributed by atoms with van der Waals surface area (Å²) < 4.78 is 3.30. The molecular weight excluding hydrogens is 337 g/mol. The zero-order valence-electron chi connectivity index (χ0n) is 10.6. The largest absolute Gasteiger partial charge is 0.369 e. The lowest BCUT2D eigenvalue weighted by Gasteiger charge is -2.06. The molecule has 4 heteroatoms. The second kappa shape index (κ2) is 4.57. The molecule has 94 valence electrons. The van der Waals surface area contributed by atoms with Gasteiger partial charge in [-0.2, -0.15) is 5.10 Å². The first-order valence-electron chi connectivity index (χ1n) is 6.28. The molecule has 1 aliphatic heterocycles. The molecule has 0 saturated heterocycles. The van der Waals surface area contributed by atoms with Crippen molar-refractivity contribution in [1.82, 2.24) is 9.78 Å². The summed E-state index contributed by atoms with van der Waals surface area (Å²) in [5, 5.41) is 8.24. The Bertz CT molecular complexity index is 569. The molecule has 1 aliphatic rings. The molecule has 0 spiro atoms. The van der Waals surface area contributed by atoms with Gasteiger partial charge in [-0.3, -0.25) is 0 Å². The van der Waals surface area contributed by atoms with Gasteiger partial charge < -0.3 is 5.32 Å². The van der Waals surface area contributed by atoms with Crippen molar-refractivity contribution >= 4 is 28.4 Å². The van der Waals surface area contributed by atoms with Gasteiger partial charge in [0, 0.05) is 15.7 Å². The predicted octanol–water partition coefficient (Wildman–Crippen LogP) is 3.57. The van der Waals surface area contributed by atoms with Crippen LogP contribution >= 0.6 is 22.6 Å². The number of hydrogen-bond donors (Lipinski definition) is 1. The van der Waals surface area contributed by atoms with Crippen molar-refractivity contribution in [3.63, 3.8) is 0 Å². The second-order valence-corrected chi connectivity index (χ2v) is 6.18. The van der Waals surface area contributed by atoms with Crippen LogP contribution in [0.3, 0.4) is 0 Å². The molecular formula is C14H16IN3. The van der Waals surface area contributed by atoms with E-state index in [1.165, 1.54) is 20.6 Å². The Kier molecular flexibility index (Phi) is 3.05. The van der Waals surface area contributed by atoms with E-state index >= 15 is 0 Å². The van der Waals surface area contributed by atoms with Crippen molar-refractivity contribution in [3.05, 3.63) is 39.1 Å². The van der Waals surface area contributed by atoms with Crippen LogP contribution in [0, 0.1) is 3.57 Å². The quantitative estimate of drug-likeness (QED) is 0.837. The van der Waals surface area contributed by atoms with Crippen molar-refractivity contribution < 1.29 is 0 Å². The van der Waals surface area contributed by atoms with Gasteiger partial charge in [-0.1, -0.05) is 13.8 Å². The number of fused-ring (bicyclic) bond motifs is 1. The molecule has 0 saturated carbocycles. The van der Waals surface area contributed by atoms with Crippen molar-refractivity contribution in [1.29, 1.82) is 0 Å². The third-order valence-corrected chi connectivity index (χ3v) is 4.02. The minimum atomic E-state index is 0.476. The highest BCUT2D eigenvalue weighted by molar-refractivity contribution is 14.1. The average Bonchev–Trinajstić information content (AvgIpc) is 2.91. The average molecular weight is 353 g/mol. The smallest absolute Gasteiger partial charge is 0.133 e. The Morgan fingerprint density at radius 3 is 2.67 bits per heavy atom. The van der Waals surface area contributed by atoms with Gasteiger partial charge in [0.15, 0.2) is 0 Å². The second-order valence-electron chi connectivity index (χ2n) is 4.93. The third kappa shape index (κ3) is 1.92. The normalized spacial score (nSPS) is 13.8. The van der Waals surface area contributed by atoms with Crippen molar-refractivity contribution in [3.8, 4) is 5.69 Å². The van der Waals surface area contributed by atoms with Gasteiger partial charge in [-0.15, -0.1) is 0 Å². The fraction of sp³-hybridized carbons (Fsp3) is 0.357. The van der Waals surface area contributed by atoms with E-state index in [-0.39, 0.29) is 0 Å². The van der Waals surface area contributed by atoms with Crippen LogP contribution in [0.25, 0.3) is 5.69 Å². The van der Waals surface area contributed by atoms with Crippen LogP contribution in [0.15, 0.2) is 24.3 Å². The number of anilines is 1. The number of nitrogens with zero attached hydrogens (tertiary/aromatic N) is 2. The summed E-state index contributed by atoms with van der Waals surface area (Å²) in [5.41, 5.74) is 3.75. The van der Waals surface area contributed by atoms with Crippen LogP contribution in [0.4, 0.5) is 5.82 Å². The van der Waals surface area contributed by atoms with E-state index in [1.54, 1.807) is 0 Å². The third-order valence-electron chi connectivity index (χ3n) is 3.30. The highest BCUT2D eigenvalue weighted by Crippen LogP contribution is 2.32. The number of aromatic nitrogens is 2. The molecule has 3 nitrogen and oxygen atoms in total. The number of benzene rings is 1. The van der Waals surface area contributed by atoms with E-state index in [1.807, 2.05) is 4.68 Å². The fourth-order valence-electron chi connectivity index (χ4n) is 2.43. The summed E-state index contributed by atoms with van der Waals surface area (Å²) in [4.78, 5) is 0. The maximum atomic E-state index is 4.78. The lowest BCUT2D eigenvalue weighted by molar-refractivity contribution is 0.756. The Morgan fingerprint density at radius 2 is 2.00 bits per heavy atom. The molecule has 0 atom stereocenters. The highest BCUT2D eigenvalue weighted by atomic mass is 127. The van der Waals surface area contributed by atoms with Crippen LogP contribution < -0.4 is 5.32 Å². The van der Waals surface area contributed by atoms with Crippen LogP contribution in [-0.2, 0) is 6.42 Å². The first-order chi connectivity index (χ1) is 8.66. The number of hydrogen-bond acceptors (Lipinski definition) is 2. The van der Waals surface area contributed by atoms with Crippen LogP contribution in [0.2, 0.25) is 0 Å². The minimum absolute atomic E-state index is 0.476. The van der Waals surface area contributed by atoms with E-state index in [0.717, 1.165) is 18.7 Å². The van der Waals surface area contributed by atoms with Gasteiger partial charge in [0.1, 0.15) is 5.82 Å². The van der Waals surface area contributed by atoms with Gasteiger partial charge in [-0.05, 0) is 59.2 Å². The van der Waals surface area contributed by atoms with Crippen LogP contribution in [-0.4, -0.2) is 16.3 Å². The predicted molar refractivity (Wildman–Crippen MR) is 82.6 cm³/mol. The Balaban J connectivity index is 2.13. The maximum absolute atomic E-state index is 4.78. The summed E-state index contributed by atoms with van der Waals surface area (Å²) in [6.07, 6.45) is 1.09. The standard InChI is InChI=1S/C14H16IN3/c1-9(2)13-12-7-8-16-14(12)18(17-13)11-5-3-10(15)4-6-11/h3-6,9,16H,7-8H2,1-2H3. The van der Waals surface area contributed by atoms with Crippen LogP contribution in [0.1, 0.15) is 31.0 Å². The number of rotatable bonds is 2. The van der Waals surface area contributed by atoms with Gasteiger partial charge in [0.25, 0.3) is 0 Å². The summed E-state index contributed by atoms with van der Waals surface area (Å²) in [6.45, 7) is 5.44. The van der Waals surface area contributed by atoms with Gasteiger partial charge in [-0.25, -0.2) is 4.68 Å². The molecule has 0 aliphatic carbocycles. The van der Waals surface area contributed by atoms with E-state index < -0.39 is 0 Å². The number of nitrogens with one attached hydrogen (secondary N) is 1. The molecule has 2 aromatic rings. The molecule has 0 fully saturated rings. The van der Waals surface area contributed by atoms with E-state index in [4.69, 9.17) is 5.10 Å². The van der Waals surface area contributed by atoms with Crippen molar-refractivity contribution in [2.45, 2.75) is 26.2 Å². The Morgan fingerprint density at radius 1 is 1.28 bits per heavy atom. The highest BCUT2D eigenvalue weighted by Gasteiger charge is 2.24. The molecule has 0 amide bonds. The van der Waals surface area contributed by atoms with E-state index in [9.17, 15) is 0 Å². The van der Waals surface area contributed by atoms with Crippen molar-refractivity contribution in [2.75, 3.05) is 11.9 Å². The zero-order chi connectivity index (χ0) is 12.7. The van der Waals surface area contributed by atoms with Crippen LogP contribution in [0.5, 0.6) is 0 Å². The number of halogens is 1. The molecule has 0 unspecified atom stereocenters. The van der Waals surface area contributed by atoms with E-state index in [2.05, 4.69) is 66.0 Å².